The molecule has 0 fully saturated rings. The van der Waals surface area contributed by atoms with Crippen LogP contribution in [0.25, 0.3) is 11.3 Å². The van der Waals surface area contributed by atoms with Gasteiger partial charge in [-0.15, -0.1) is 11.8 Å². The molecule has 0 saturated carbocycles. The van der Waals surface area contributed by atoms with Gasteiger partial charge in [0.2, 0.25) is 12.7 Å². The second-order valence-corrected chi connectivity index (χ2v) is 7.33. The number of thioether (sulfide) groups is 1. The third kappa shape index (κ3) is 4.50. The lowest BCUT2D eigenvalue weighted by atomic mass is 10.1. The van der Waals surface area contributed by atoms with E-state index in [4.69, 9.17) is 9.47 Å². The van der Waals surface area contributed by atoms with Crippen LogP contribution in [-0.4, -0.2) is 23.4 Å². The normalized spacial score (nSPS) is 11.7. The summed E-state index contributed by atoms with van der Waals surface area (Å²) in [6.45, 7) is 0.194. The summed E-state index contributed by atoms with van der Waals surface area (Å²) in [4.78, 5) is 16.9. The lowest BCUT2D eigenvalue weighted by molar-refractivity contribution is -0.115. The van der Waals surface area contributed by atoms with Crippen molar-refractivity contribution in [2.75, 3.05) is 17.9 Å². The Kier molecular flexibility index (Phi) is 5.63. The molecule has 0 saturated heterocycles. The number of aromatic nitrogens is 1. The zero-order valence-electron chi connectivity index (χ0n) is 15.4. The number of fused-ring (bicyclic) bond motifs is 1. The summed E-state index contributed by atoms with van der Waals surface area (Å²) in [5.74, 6) is 1.69. The number of carbonyl (C=O) groups is 1. The molecule has 1 N–H and O–H groups in total. The van der Waals surface area contributed by atoms with Gasteiger partial charge in [0, 0.05) is 29.5 Å². The van der Waals surface area contributed by atoms with Crippen molar-refractivity contribution in [2.45, 2.75) is 11.4 Å². The SMILES string of the molecule is N#Cc1ccc(-c2ccccc2)nc1SCCC(=O)Nc1ccc2c(c1)OCO2. The van der Waals surface area contributed by atoms with Crippen LogP contribution >= 0.6 is 11.8 Å². The minimum Gasteiger partial charge on any atom is -0.454 e. The molecule has 6 nitrogen and oxygen atoms in total. The molecule has 0 unspecified atom stereocenters. The van der Waals surface area contributed by atoms with Crippen LogP contribution < -0.4 is 14.8 Å². The van der Waals surface area contributed by atoms with E-state index in [9.17, 15) is 10.1 Å². The number of ether oxygens (including phenoxy) is 2. The van der Waals surface area contributed by atoms with Gasteiger partial charge in [-0.3, -0.25) is 4.79 Å². The van der Waals surface area contributed by atoms with Gasteiger partial charge >= 0.3 is 0 Å². The van der Waals surface area contributed by atoms with Crippen LogP contribution in [0.5, 0.6) is 11.5 Å². The Balaban J connectivity index is 1.37. The molecular weight excluding hydrogens is 386 g/mol. The molecule has 1 amide bonds. The minimum absolute atomic E-state index is 0.117. The largest absolute Gasteiger partial charge is 0.454 e. The van der Waals surface area contributed by atoms with Crippen molar-refractivity contribution in [2.24, 2.45) is 0 Å². The van der Waals surface area contributed by atoms with E-state index in [0.29, 0.717) is 39.9 Å². The molecule has 0 bridgehead atoms. The van der Waals surface area contributed by atoms with Crippen LogP contribution in [-0.2, 0) is 4.79 Å². The van der Waals surface area contributed by atoms with E-state index < -0.39 is 0 Å². The number of rotatable bonds is 6. The molecule has 2 aromatic carbocycles. The van der Waals surface area contributed by atoms with Crippen LogP contribution in [0.15, 0.2) is 65.7 Å². The summed E-state index contributed by atoms with van der Waals surface area (Å²) >= 11 is 1.40. The number of amides is 1. The van der Waals surface area contributed by atoms with E-state index in [-0.39, 0.29) is 12.7 Å². The quantitative estimate of drug-likeness (QED) is 0.612. The smallest absolute Gasteiger partial charge is 0.231 e. The molecule has 7 heteroatoms. The molecule has 2 heterocycles. The van der Waals surface area contributed by atoms with Crippen molar-refractivity contribution in [3.05, 3.63) is 66.2 Å². The summed E-state index contributed by atoms with van der Waals surface area (Å²) < 4.78 is 10.6. The molecule has 0 radical (unpaired) electrons. The Morgan fingerprint density at radius 2 is 1.93 bits per heavy atom. The van der Waals surface area contributed by atoms with Crippen LogP contribution in [0, 0.1) is 11.3 Å². The van der Waals surface area contributed by atoms with Gasteiger partial charge in [0.15, 0.2) is 11.5 Å². The van der Waals surface area contributed by atoms with Crippen LogP contribution in [0.3, 0.4) is 0 Å². The molecule has 0 spiro atoms. The Hall–Kier alpha value is -3.50. The summed E-state index contributed by atoms with van der Waals surface area (Å²) in [7, 11) is 0. The average molecular weight is 403 g/mol. The monoisotopic (exact) mass is 403 g/mol. The van der Waals surface area contributed by atoms with Crippen LogP contribution in [0.4, 0.5) is 5.69 Å². The lowest BCUT2D eigenvalue weighted by Gasteiger charge is -2.08. The van der Waals surface area contributed by atoms with Gasteiger partial charge in [0.25, 0.3) is 0 Å². The Morgan fingerprint density at radius 1 is 1.10 bits per heavy atom. The number of anilines is 1. The number of hydrogen-bond donors (Lipinski definition) is 1. The third-order valence-electron chi connectivity index (χ3n) is 4.27. The van der Waals surface area contributed by atoms with Crippen LogP contribution in [0.2, 0.25) is 0 Å². The van der Waals surface area contributed by atoms with E-state index >= 15 is 0 Å². The van der Waals surface area contributed by atoms with Crippen molar-refractivity contribution in [1.82, 2.24) is 4.98 Å². The number of pyridine rings is 1. The summed E-state index contributed by atoms with van der Waals surface area (Å²) in [5.41, 5.74) is 2.95. The van der Waals surface area contributed by atoms with Crippen LogP contribution in [0.1, 0.15) is 12.0 Å². The fraction of sp³-hybridized carbons (Fsp3) is 0.136. The summed E-state index contributed by atoms with van der Waals surface area (Å²) in [6.07, 6.45) is 0.293. The number of nitrogens with one attached hydrogen (secondary N) is 1. The average Bonchev–Trinajstić information content (AvgIpc) is 3.22. The Bertz CT molecular complexity index is 1080. The Labute approximate surface area is 172 Å². The van der Waals surface area contributed by atoms with Crippen molar-refractivity contribution < 1.29 is 14.3 Å². The highest BCUT2D eigenvalue weighted by atomic mass is 32.2. The fourth-order valence-corrected chi connectivity index (χ4v) is 3.76. The highest BCUT2D eigenvalue weighted by Gasteiger charge is 2.14. The van der Waals surface area contributed by atoms with Crippen molar-refractivity contribution in [1.29, 1.82) is 5.26 Å². The van der Waals surface area contributed by atoms with Crippen molar-refractivity contribution in [3.63, 3.8) is 0 Å². The zero-order valence-corrected chi connectivity index (χ0v) is 16.2. The highest BCUT2D eigenvalue weighted by molar-refractivity contribution is 7.99. The maximum Gasteiger partial charge on any atom is 0.231 e. The Morgan fingerprint density at radius 3 is 2.76 bits per heavy atom. The maximum absolute atomic E-state index is 12.3. The van der Waals surface area contributed by atoms with Gasteiger partial charge in [-0.2, -0.15) is 5.26 Å². The summed E-state index contributed by atoms with van der Waals surface area (Å²) in [5, 5.41) is 12.8. The van der Waals surface area contributed by atoms with Gasteiger partial charge < -0.3 is 14.8 Å². The van der Waals surface area contributed by atoms with E-state index in [1.807, 2.05) is 36.4 Å². The molecular formula is C22H17N3O3S. The molecule has 0 aliphatic carbocycles. The molecule has 29 heavy (non-hydrogen) atoms. The summed E-state index contributed by atoms with van der Waals surface area (Å²) in [6, 6.07) is 20.8. The fourth-order valence-electron chi connectivity index (χ4n) is 2.84. The first kappa shape index (κ1) is 18.8. The molecule has 3 aromatic rings. The number of nitrogens with zero attached hydrogens (tertiary/aromatic N) is 2. The number of benzene rings is 2. The number of carbonyl (C=O) groups excluding carboxylic acids is 1. The van der Waals surface area contributed by atoms with E-state index in [2.05, 4.69) is 16.4 Å². The maximum atomic E-state index is 12.3. The van der Waals surface area contributed by atoms with Gasteiger partial charge in [0.05, 0.1) is 11.3 Å². The molecule has 0 atom stereocenters. The van der Waals surface area contributed by atoms with Gasteiger partial charge in [-0.05, 0) is 24.3 Å². The van der Waals surface area contributed by atoms with Crippen molar-refractivity contribution in [3.8, 4) is 28.8 Å². The molecule has 1 aromatic heterocycles. The standard InChI is InChI=1S/C22H17N3O3S/c23-13-16-6-8-18(15-4-2-1-3-5-15)25-22(16)29-11-10-21(26)24-17-7-9-19-20(12-17)28-14-27-19/h1-9,12H,10-11,14H2,(H,24,26). The molecule has 1 aliphatic rings. The number of hydrogen-bond acceptors (Lipinski definition) is 6. The second-order valence-electron chi connectivity index (χ2n) is 6.24. The third-order valence-corrected chi connectivity index (χ3v) is 5.27. The first-order valence-electron chi connectivity index (χ1n) is 9.02. The number of nitriles is 1. The van der Waals surface area contributed by atoms with Gasteiger partial charge in [-0.1, -0.05) is 30.3 Å². The van der Waals surface area contributed by atoms with E-state index in [1.165, 1.54) is 11.8 Å². The van der Waals surface area contributed by atoms with E-state index in [0.717, 1.165) is 11.3 Å². The first-order valence-corrected chi connectivity index (χ1v) is 10.0. The predicted octanol–water partition coefficient (Wildman–Crippen LogP) is 4.47. The molecule has 144 valence electrons. The second kappa shape index (κ2) is 8.67. The highest BCUT2D eigenvalue weighted by Crippen LogP contribution is 2.34. The van der Waals surface area contributed by atoms with E-state index in [1.54, 1.807) is 24.3 Å². The topological polar surface area (TPSA) is 84.2 Å². The molecule has 1 aliphatic heterocycles. The lowest BCUT2D eigenvalue weighted by Crippen LogP contribution is -2.12. The van der Waals surface area contributed by atoms with Gasteiger partial charge in [-0.25, -0.2) is 4.98 Å². The zero-order chi connectivity index (χ0) is 20.1. The molecule has 4 rings (SSSR count). The van der Waals surface area contributed by atoms with Crippen molar-refractivity contribution >= 4 is 23.4 Å². The first-order chi connectivity index (χ1) is 14.2. The van der Waals surface area contributed by atoms with Gasteiger partial charge in [0.1, 0.15) is 11.1 Å². The minimum atomic E-state index is -0.117. The predicted molar refractivity (Wildman–Crippen MR) is 111 cm³/mol.